The van der Waals surface area contributed by atoms with Gasteiger partial charge in [0.15, 0.2) is 16.6 Å². The molecule has 8 rings (SSSR count). The minimum atomic E-state index is -2.74. The van der Waals surface area contributed by atoms with Crippen LogP contribution in [0.25, 0.3) is 0 Å². The lowest BCUT2D eigenvalue weighted by Crippen LogP contribution is -2.58. The Labute approximate surface area is 540 Å². The summed E-state index contributed by atoms with van der Waals surface area (Å²) < 4.78 is 39.6. The first kappa shape index (κ1) is 72.8. The van der Waals surface area contributed by atoms with Crippen molar-refractivity contribution in [2.75, 3.05) is 29.6 Å². The van der Waals surface area contributed by atoms with E-state index in [2.05, 4.69) is 4.74 Å². The summed E-state index contributed by atoms with van der Waals surface area (Å²) in [6.07, 6.45) is -5.82. The molecule has 0 saturated carbocycles. The van der Waals surface area contributed by atoms with E-state index in [1.165, 1.54) is 43.3 Å². The van der Waals surface area contributed by atoms with Gasteiger partial charge in [0.1, 0.15) is 22.0 Å². The normalized spacial score (nSPS) is 20.4. The number of halogens is 2. The minimum absolute atomic E-state index is 0.00498. The highest BCUT2D eigenvalue weighted by Crippen LogP contribution is 2.63. The lowest BCUT2D eigenvalue weighted by atomic mass is 9.59. The molecule has 28 nitrogen and oxygen atoms in total. The van der Waals surface area contributed by atoms with Crippen molar-refractivity contribution in [1.29, 1.82) is 0 Å². The number of non-ortho nitro benzene ring substituents is 2. The molecule has 0 radical (unpaired) electrons. The van der Waals surface area contributed by atoms with Crippen LogP contribution in [0.3, 0.4) is 0 Å². The van der Waals surface area contributed by atoms with Gasteiger partial charge in [0.25, 0.3) is 34.6 Å². The molecule has 4 aromatic rings. The molecule has 0 bridgehead atoms. The van der Waals surface area contributed by atoms with E-state index < -0.39 is 154 Å². The number of nitro groups is 4. The number of rotatable bonds is 13. The highest BCUT2D eigenvalue weighted by molar-refractivity contribution is 6.70. The van der Waals surface area contributed by atoms with Gasteiger partial charge in [-0.25, -0.2) is 19.4 Å². The van der Waals surface area contributed by atoms with Crippen LogP contribution in [0.2, 0.25) is 49.3 Å². The van der Waals surface area contributed by atoms with Crippen LogP contribution < -0.4 is 9.80 Å². The molecule has 0 unspecified atom stereocenters. The molecular formula is C60H72Cl2N6O22Si2. The maximum Gasteiger partial charge on any atom is 0.421 e. The zero-order valence-electron chi connectivity index (χ0n) is 53.5. The van der Waals surface area contributed by atoms with Crippen LogP contribution >= 0.6 is 23.2 Å². The topological polar surface area (TPSA) is 363 Å². The standard InChI is InChI=1S/2C28H32ClN3O10Si.C4H8O2/c2*1-8-40-24(33)20-14-17-18(12-16(31(36)37)13-22(17)32(38)39)23(42-43(5,6)7)28(20)19-11-15(29)9-10-21(19)30(25(28)34)26(35)41-27(2,3)4;1-3-6-4(2)5/h2*9-13,20,23H,8,14H2,1-7H3;3H2,1-2H3/t2*20-,23-,28+;/m11./s1. The molecule has 32 heteroatoms. The van der Waals surface area contributed by atoms with Crippen LogP contribution in [0.15, 0.2) is 60.7 Å². The molecule has 0 fully saturated rings. The quantitative estimate of drug-likeness (QED) is 0.0394. The van der Waals surface area contributed by atoms with Crippen molar-refractivity contribution in [2.24, 2.45) is 11.8 Å². The summed E-state index contributed by atoms with van der Waals surface area (Å²) in [6, 6.07) is 12.6. The Hall–Kier alpha value is -8.30. The van der Waals surface area contributed by atoms with Gasteiger partial charge in [0.05, 0.1) is 87.1 Å². The van der Waals surface area contributed by atoms with E-state index in [0.717, 1.165) is 34.1 Å². The van der Waals surface area contributed by atoms with Gasteiger partial charge in [-0.05, 0) is 173 Å². The Kier molecular flexibility index (Phi) is 21.4. The fourth-order valence-corrected chi connectivity index (χ4v) is 14.0. The van der Waals surface area contributed by atoms with Gasteiger partial charge in [-0.3, -0.25) is 64.4 Å². The molecule has 4 aromatic carbocycles. The summed E-state index contributed by atoms with van der Waals surface area (Å²) >= 11 is 12.9. The van der Waals surface area contributed by atoms with Crippen LogP contribution in [0, 0.1) is 52.3 Å². The molecule has 496 valence electrons. The molecule has 0 aromatic heterocycles. The van der Waals surface area contributed by atoms with E-state index in [1.807, 2.05) is 0 Å². The SMILES string of the molecule is CCOC(=O)[C@H]1Cc2c(cc([N+](=O)[O-])cc2[N+](=O)[O-])[C@@H](O[Si](C)(C)C)[C@@]12C(=O)N(C(=O)OC(C)(C)C)c1ccc(Cl)cc12.CCOC(=O)[C@H]1Cc2c(cc([N+](=O)[O-])cc2[N+](=O)[O-])[C@@H](O[Si](C)(C)C)[C@@]12C(=O)N(C(=O)OC(C)(C)C)c1ccc(Cl)cc12.CCOC(C)=O. The number of amides is 4. The first-order valence-electron chi connectivity index (χ1n) is 28.9. The number of anilines is 2. The van der Waals surface area contributed by atoms with E-state index in [4.69, 9.17) is 51.0 Å². The summed E-state index contributed by atoms with van der Waals surface area (Å²) in [5.74, 6) is -6.64. The lowest BCUT2D eigenvalue weighted by molar-refractivity contribution is -0.395. The smallest absolute Gasteiger partial charge is 0.421 e. The van der Waals surface area contributed by atoms with Gasteiger partial charge in [-0.15, -0.1) is 0 Å². The van der Waals surface area contributed by atoms with E-state index in [9.17, 15) is 74.0 Å². The van der Waals surface area contributed by atoms with E-state index in [0.29, 0.717) is 6.61 Å². The number of hydrogen-bond acceptors (Lipinski definition) is 22. The zero-order valence-corrected chi connectivity index (χ0v) is 57.1. The molecule has 92 heavy (non-hydrogen) atoms. The van der Waals surface area contributed by atoms with Crippen molar-refractivity contribution in [3.63, 3.8) is 0 Å². The van der Waals surface area contributed by atoms with Crippen LogP contribution in [-0.4, -0.2) is 109 Å². The maximum absolute atomic E-state index is 14.9. The first-order chi connectivity index (χ1) is 42.4. The first-order valence-corrected chi connectivity index (χ1v) is 36.5. The average Bonchev–Trinajstić information content (AvgIpc) is 1.46. The monoisotopic (exact) mass is 1350 g/mol. The van der Waals surface area contributed by atoms with Crippen molar-refractivity contribution in [1.82, 2.24) is 0 Å². The van der Waals surface area contributed by atoms with Gasteiger partial charge in [-0.1, -0.05) is 23.2 Å². The number of nitrogens with zero attached hydrogens (tertiary/aromatic N) is 6. The van der Waals surface area contributed by atoms with Gasteiger partial charge in [0.2, 0.25) is 0 Å². The van der Waals surface area contributed by atoms with E-state index >= 15 is 0 Å². The van der Waals surface area contributed by atoms with Gasteiger partial charge in [-0.2, -0.15) is 0 Å². The molecular weight excluding hydrogens is 1280 g/mol. The summed E-state index contributed by atoms with van der Waals surface area (Å²) in [5.41, 5.74) is -8.11. The average molecular weight is 1360 g/mol. The molecule has 2 spiro atoms. The van der Waals surface area contributed by atoms with Crippen molar-refractivity contribution < 1.29 is 85.8 Å². The number of carbonyl (C=O) groups excluding carboxylic acids is 7. The molecule has 0 N–H and O–H groups in total. The van der Waals surface area contributed by atoms with Crippen molar-refractivity contribution >= 4 is 116 Å². The number of esters is 3. The summed E-state index contributed by atoms with van der Waals surface area (Å²) in [5, 5.41) is 48.6. The number of imide groups is 2. The summed E-state index contributed by atoms with van der Waals surface area (Å²) in [7, 11) is -5.48. The van der Waals surface area contributed by atoms with Crippen molar-refractivity contribution in [2.45, 2.75) is 156 Å². The molecule has 4 aliphatic rings. The number of nitro benzene ring substituents is 4. The molecule has 0 saturated heterocycles. The Morgan fingerprint density at radius 2 is 0.870 bits per heavy atom. The van der Waals surface area contributed by atoms with Gasteiger partial charge in [0, 0.05) is 40.2 Å². The second-order valence-corrected chi connectivity index (χ2v) is 35.4. The number of carbonyl (C=O) groups is 7. The summed E-state index contributed by atoms with van der Waals surface area (Å²) in [6.45, 7) is 27.1. The molecule has 2 aliphatic carbocycles. The van der Waals surface area contributed by atoms with Crippen LogP contribution in [0.4, 0.5) is 43.7 Å². The third kappa shape index (κ3) is 14.6. The van der Waals surface area contributed by atoms with Crippen molar-refractivity contribution in [3.8, 4) is 0 Å². The third-order valence-electron chi connectivity index (χ3n) is 14.6. The fourth-order valence-electron chi connectivity index (χ4n) is 11.7. The third-order valence-corrected chi connectivity index (χ3v) is 17.0. The molecule has 4 amide bonds. The number of benzene rings is 4. The second kappa shape index (κ2) is 27.1. The Balaban J connectivity index is 0.000000268. The molecule has 2 heterocycles. The maximum atomic E-state index is 14.9. The van der Waals surface area contributed by atoms with Gasteiger partial charge < -0.3 is 32.5 Å². The van der Waals surface area contributed by atoms with Crippen LogP contribution in [0.5, 0.6) is 0 Å². The second-order valence-electron chi connectivity index (χ2n) is 25.6. The predicted octanol–water partition coefficient (Wildman–Crippen LogP) is 12.6. The lowest BCUT2D eigenvalue weighted by Gasteiger charge is -2.47. The van der Waals surface area contributed by atoms with Crippen molar-refractivity contribution in [3.05, 3.63) is 145 Å². The Bertz CT molecular complexity index is 3480. The molecule has 6 atom stereocenters. The Morgan fingerprint density at radius 1 is 0.543 bits per heavy atom. The molecule has 2 aliphatic heterocycles. The Morgan fingerprint density at radius 3 is 1.12 bits per heavy atom. The largest absolute Gasteiger partial charge is 0.466 e. The number of ether oxygens (including phenoxy) is 5. The zero-order chi connectivity index (χ0) is 69.5. The van der Waals surface area contributed by atoms with Crippen LogP contribution in [-0.2, 0) is 80.2 Å². The number of hydrogen-bond donors (Lipinski definition) is 0. The van der Waals surface area contributed by atoms with E-state index in [-0.39, 0.29) is 74.0 Å². The minimum Gasteiger partial charge on any atom is -0.466 e. The fraction of sp³-hybridized carbons (Fsp3) is 0.483. The van der Waals surface area contributed by atoms with E-state index in [1.54, 1.807) is 102 Å². The highest BCUT2D eigenvalue weighted by Gasteiger charge is 2.70. The van der Waals surface area contributed by atoms with Crippen LogP contribution in [0.1, 0.15) is 115 Å². The highest BCUT2D eigenvalue weighted by atomic mass is 35.5. The number of fused-ring (bicyclic) bond motifs is 6. The summed E-state index contributed by atoms with van der Waals surface area (Å²) in [4.78, 5) is 141. The van der Waals surface area contributed by atoms with Gasteiger partial charge >= 0.3 is 30.1 Å². The predicted molar refractivity (Wildman–Crippen MR) is 338 cm³/mol.